The second kappa shape index (κ2) is 12.3. The van der Waals surface area contributed by atoms with Gasteiger partial charge in [-0.15, -0.1) is 0 Å². The highest BCUT2D eigenvalue weighted by Crippen LogP contribution is 2.76. The highest BCUT2D eigenvalue weighted by Gasteiger charge is 2.70. The van der Waals surface area contributed by atoms with E-state index in [2.05, 4.69) is 65.6 Å². The number of carboxylic acid groups (broad SMARTS) is 1. The Balaban J connectivity index is 1.14. The third kappa shape index (κ3) is 5.45. The first-order chi connectivity index (χ1) is 23.4. The molecule has 7 rings (SSSR count). The van der Waals surface area contributed by atoms with E-state index in [0.717, 1.165) is 32.1 Å². The van der Waals surface area contributed by atoms with E-state index < -0.39 is 11.6 Å². The lowest BCUT2D eigenvalue weighted by Crippen LogP contribution is -2.68. The molecule has 0 radical (unpaired) electrons. The van der Waals surface area contributed by atoms with Gasteiger partial charge in [-0.3, -0.25) is 9.59 Å². The van der Waals surface area contributed by atoms with Gasteiger partial charge in [0.05, 0.1) is 18.1 Å². The average molecular weight is 689 g/mol. The van der Waals surface area contributed by atoms with Gasteiger partial charge < -0.3 is 20.4 Å². The van der Waals surface area contributed by atoms with Crippen molar-refractivity contribution in [3.63, 3.8) is 0 Å². The maximum absolute atomic E-state index is 13.6. The van der Waals surface area contributed by atoms with Crippen LogP contribution >= 0.6 is 0 Å². The molecule has 6 aliphatic carbocycles. The summed E-state index contributed by atoms with van der Waals surface area (Å²) in [5.41, 5.74) is 4.43. The molecule has 1 saturated heterocycles. The first-order valence-electron chi connectivity index (χ1n) is 20.4. The number of hydrogen-bond donors (Lipinski definition) is 3. The van der Waals surface area contributed by atoms with Crippen LogP contribution in [0.25, 0.3) is 0 Å². The second-order valence-electron chi connectivity index (χ2n) is 20.2. The molecule has 5 fully saturated rings. The Morgan fingerprint density at radius 3 is 2.24 bits per heavy atom. The van der Waals surface area contributed by atoms with Crippen molar-refractivity contribution in [1.29, 1.82) is 0 Å². The monoisotopic (exact) mass is 689 g/mol. The number of piperidine rings is 1. The molecule has 1 aliphatic heterocycles. The minimum Gasteiger partial charge on any atom is -0.481 e. The number of carbonyl (C=O) groups is 2. The van der Waals surface area contributed by atoms with Crippen molar-refractivity contribution < 1.29 is 19.8 Å². The standard InChI is InChI=1S/C44H68N2O4/c1-28(2)31-15-20-44(45-27-36(47)46-25-23-40(5,50)24-26-46)22-21-42(7)33(37(31)44)13-14-35-41(6)18-16-32(29-9-11-30(12-10-29)38(48)49)39(3,4)34(41)17-19-43(35,42)8/h9,16,30-31,33-35,37,45,50H,1,10-15,17-27H2,2-8H3,(H,48,49). The molecule has 0 spiro atoms. The zero-order valence-corrected chi connectivity index (χ0v) is 32.5. The quantitative estimate of drug-likeness (QED) is 0.243. The van der Waals surface area contributed by atoms with Crippen LogP contribution in [-0.4, -0.2) is 57.8 Å². The number of nitrogens with zero attached hydrogens (tertiary/aromatic N) is 1. The maximum atomic E-state index is 13.6. The molecule has 7 aliphatic rings. The van der Waals surface area contributed by atoms with Crippen LogP contribution in [0.2, 0.25) is 0 Å². The fourth-order valence-electron chi connectivity index (χ4n) is 14.5. The molecule has 6 heteroatoms. The van der Waals surface area contributed by atoms with Gasteiger partial charge in [-0.25, -0.2) is 0 Å². The number of allylic oxidation sites excluding steroid dienone is 5. The van der Waals surface area contributed by atoms with Gasteiger partial charge in [0.2, 0.25) is 5.91 Å². The summed E-state index contributed by atoms with van der Waals surface area (Å²) in [7, 11) is 0. The summed E-state index contributed by atoms with van der Waals surface area (Å²) in [6.45, 7) is 23.5. The molecule has 0 aromatic carbocycles. The van der Waals surface area contributed by atoms with Crippen molar-refractivity contribution in [2.75, 3.05) is 19.6 Å². The average Bonchev–Trinajstić information content (AvgIpc) is 3.44. The van der Waals surface area contributed by atoms with Crippen LogP contribution in [0.5, 0.6) is 0 Å². The van der Waals surface area contributed by atoms with E-state index in [0.29, 0.717) is 68.5 Å². The van der Waals surface area contributed by atoms with E-state index in [1.54, 1.807) is 0 Å². The second-order valence-corrected chi connectivity index (χ2v) is 20.2. The summed E-state index contributed by atoms with van der Waals surface area (Å²) in [6.07, 6.45) is 19.4. The van der Waals surface area contributed by atoms with Crippen LogP contribution in [0.3, 0.4) is 0 Å². The lowest BCUT2D eigenvalue weighted by Gasteiger charge is -2.72. The summed E-state index contributed by atoms with van der Waals surface area (Å²) in [5, 5.41) is 24.1. The summed E-state index contributed by atoms with van der Waals surface area (Å²) in [5.74, 6) is 2.24. The van der Waals surface area contributed by atoms with Gasteiger partial charge in [-0.2, -0.15) is 0 Å². The molecule has 1 heterocycles. The Bertz CT molecular complexity index is 1470. The molecule has 1 amide bonds. The van der Waals surface area contributed by atoms with Crippen LogP contribution in [-0.2, 0) is 9.59 Å². The molecule has 10 atom stereocenters. The maximum Gasteiger partial charge on any atom is 0.306 e. The van der Waals surface area contributed by atoms with E-state index in [4.69, 9.17) is 0 Å². The third-order valence-electron chi connectivity index (χ3n) is 17.5. The van der Waals surface area contributed by atoms with E-state index in [1.807, 2.05) is 11.8 Å². The minimum atomic E-state index is -0.653. The molecule has 3 N–H and O–H groups in total. The topological polar surface area (TPSA) is 89.9 Å². The lowest BCUT2D eigenvalue weighted by molar-refractivity contribution is -0.221. The number of carboxylic acids is 1. The predicted octanol–water partition coefficient (Wildman–Crippen LogP) is 8.71. The van der Waals surface area contributed by atoms with Crippen molar-refractivity contribution in [1.82, 2.24) is 10.2 Å². The summed E-state index contributed by atoms with van der Waals surface area (Å²) >= 11 is 0. The van der Waals surface area contributed by atoms with Gasteiger partial charge in [0.25, 0.3) is 0 Å². The number of likely N-dealkylation sites (tertiary alicyclic amines) is 1. The number of hydrogen-bond acceptors (Lipinski definition) is 4. The molecule has 10 unspecified atom stereocenters. The van der Waals surface area contributed by atoms with E-state index in [1.165, 1.54) is 55.2 Å². The lowest BCUT2D eigenvalue weighted by atomic mass is 9.33. The Morgan fingerprint density at radius 1 is 0.880 bits per heavy atom. The predicted molar refractivity (Wildman–Crippen MR) is 200 cm³/mol. The van der Waals surface area contributed by atoms with Crippen LogP contribution in [0, 0.1) is 57.2 Å². The Kier molecular flexibility index (Phi) is 8.98. The number of rotatable bonds is 6. The van der Waals surface area contributed by atoms with Crippen molar-refractivity contribution in [3.05, 3.63) is 35.5 Å². The fourth-order valence-corrected chi connectivity index (χ4v) is 14.5. The zero-order valence-electron chi connectivity index (χ0n) is 32.5. The number of nitrogens with one attached hydrogen (secondary N) is 1. The number of aliphatic carboxylic acids is 1. The molecule has 0 bridgehead atoms. The molecule has 50 heavy (non-hydrogen) atoms. The summed E-state index contributed by atoms with van der Waals surface area (Å²) in [6, 6.07) is 0. The fraction of sp³-hybridized carbons (Fsp3) is 0.818. The van der Waals surface area contributed by atoms with Gasteiger partial charge in [0.15, 0.2) is 0 Å². The van der Waals surface area contributed by atoms with Crippen LogP contribution in [0.4, 0.5) is 0 Å². The molecule has 0 aromatic heterocycles. The molecule has 0 aromatic rings. The highest BCUT2D eigenvalue weighted by molar-refractivity contribution is 5.78. The van der Waals surface area contributed by atoms with Gasteiger partial charge in [0, 0.05) is 18.6 Å². The van der Waals surface area contributed by atoms with Crippen LogP contribution in [0.15, 0.2) is 35.5 Å². The normalized spacial score (nSPS) is 44.8. The Hall–Kier alpha value is -1.92. The first-order valence-corrected chi connectivity index (χ1v) is 20.4. The minimum absolute atomic E-state index is 0.00707. The number of carbonyl (C=O) groups excluding carboxylic acids is 1. The van der Waals surface area contributed by atoms with Gasteiger partial charge in [-0.05, 0) is 166 Å². The number of fused-ring (bicyclic) bond motifs is 7. The number of amides is 1. The zero-order chi connectivity index (χ0) is 36.1. The van der Waals surface area contributed by atoms with Gasteiger partial charge in [-0.1, -0.05) is 58.9 Å². The Morgan fingerprint density at radius 2 is 1.60 bits per heavy atom. The van der Waals surface area contributed by atoms with Gasteiger partial charge in [0.1, 0.15) is 0 Å². The van der Waals surface area contributed by atoms with Crippen LogP contribution in [0.1, 0.15) is 138 Å². The van der Waals surface area contributed by atoms with Gasteiger partial charge >= 0.3 is 5.97 Å². The molecule has 6 nitrogen and oxygen atoms in total. The molecule has 278 valence electrons. The highest BCUT2D eigenvalue weighted by atomic mass is 16.4. The number of aliphatic hydroxyl groups is 1. The van der Waals surface area contributed by atoms with E-state index in [-0.39, 0.29) is 39.0 Å². The van der Waals surface area contributed by atoms with Crippen molar-refractivity contribution in [3.8, 4) is 0 Å². The van der Waals surface area contributed by atoms with Crippen molar-refractivity contribution in [2.45, 2.75) is 149 Å². The van der Waals surface area contributed by atoms with Crippen molar-refractivity contribution in [2.24, 2.45) is 57.2 Å². The third-order valence-corrected chi connectivity index (χ3v) is 17.5. The molecular formula is C44H68N2O4. The summed E-state index contributed by atoms with van der Waals surface area (Å²) in [4.78, 5) is 27.2. The Labute approximate surface area is 303 Å². The largest absolute Gasteiger partial charge is 0.481 e. The SMILES string of the molecule is C=C(C)C1CCC2(NCC(=O)N3CCC(C)(O)CC3)CCC3(C)C(CCC4C5(C)CC=C(C6=CCC(C(=O)O)CC6)C(C)(C)C5CCC43C)C12. The summed E-state index contributed by atoms with van der Waals surface area (Å²) < 4.78 is 0. The van der Waals surface area contributed by atoms with Crippen molar-refractivity contribution >= 4 is 11.9 Å². The molecule has 4 saturated carbocycles. The smallest absolute Gasteiger partial charge is 0.306 e. The molecular weight excluding hydrogens is 620 g/mol. The van der Waals surface area contributed by atoms with E-state index >= 15 is 0 Å². The van der Waals surface area contributed by atoms with E-state index in [9.17, 15) is 19.8 Å². The first kappa shape index (κ1) is 36.4. The van der Waals surface area contributed by atoms with Crippen LogP contribution < -0.4 is 5.32 Å².